The van der Waals surface area contributed by atoms with E-state index in [-0.39, 0.29) is 11.4 Å². The third-order valence-electron chi connectivity index (χ3n) is 6.37. The van der Waals surface area contributed by atoms with Crippen LogP contribution in [-0.2, 0) is 23.8 Å². The minimum Gasteiger partial charge on any atom is -0.508 e. The molecule has 0 fully saturated rings. The quantitative estimate of drug-likeness (QED) is 0.278. The van der Waals surface area contributed by atoms with Gasteiger partial charge in [-0.25, -0.2) is 4.68 Å². The van der Waals surface area contributed by atoms with Crippen LogP contribution in [-0.4, -0.2) is 26.0 Å². The van der Waals surface area contributed by atoms with Crippen LogP contribution in [0, 0.1) is 5.41 Å². The zero-order valence-electron chi connectivity index (χ0n) is 20.7. The molecule has 0 amide bonds. The molecule has 0 spiro atoms. The number of nitrogens with zero attached hydrogens (tertiary/aromatic N) is 2. The van der Waals surface area contributed by atoms with Crippen LogP contribution < -0.4 is 0 Å². The fraction of sp³-hybridized carbons (Fsp3) is 0.241. The molecule has 3 aromatic carbocycles. The lowest BCUT2D eigenvalue weighted by Crippen LogP contribution is -2.26. The van der Waals surface area contributed by atoms with E-state index in [9.17, 15) is 28.2 Å². The second kappa shape index (κ2) is 9.76. The minimum atomic E-state index is -4.58. The van der Waals surface area contributed by atoms with Gasteiger partial charge in [0.25, 0.3) is 0 Å². The number of para-hydroxylation sites is 1. The van der Waals surface area contributed by atoms with Crippen molar-refractivity contribution in [2.75, 3.05) is 0 Å². The maximum Gasteiger partial charge on any atom is 0.418 e. The second-order valence-corrected chi connectivity index (χ2v) is 9.57. The molecule has 1 aromatic heterocycles. The number of carboxylic acids is 1. The van der Waals surface area contributed by atoms with Gasteiger partial charge in [-0.3, -0.25) is 4.79 Å². The number of rotatable bonds is 7. The van der Waals surface area contributed by atoms with Crippen LogP contribution in [0.2, 0.25) is 0 Å². The number of alkyl halides is 3. The molecular formula is C29H27F3N2O3. The molecule has 0 atom stereocenters. The highest BCUT2D eigenvalue weighted by atomic mass is 19.4. The highest BCUT2D eigenvalue weighted by molar-refractivity contribution is 5.77. The summed E-state index contributed by atoms with van der Waals surface area (Å²) in [5.74, 6) is -0.853. The summed E-state index contributed by atoms with van der Waals surface area (Å²) in [5.41, 5.74) is 2.09. The first-order valence-corrected chi connectivity index (χ1v) is 11.8. The van der Waals surface area contributed by atoms with Crippen LogP contribution in [0.4, 0.5) is 13.2 Å². The number of carbonyl (C=O) groups is 1. The summed E-state index contributed by atoms with van der Waals surface area (Å²) in [7, 11) is 0. The van der Waals surface area contributed by atoms with Crippen molar-refractivity contribution in [1.82, 2.24) is 9.78 Å². The highest BCUT2D eigenvalue weighted by Gasteiger charge is 2.35. The largest absolute Gasteiger partial charge is 0.508 e. The lowest BCUT2D eigenvalue weighted by Gasteiger charge is -2.19. The van der Waals surface area contributed by atoms with Gasteiger partial charge in [-0.2, -0.15) is 18.3 Å². The molecule has 192 valence electrons. The summed E-state index contributed by atoms with van der Waals surface area (Å²) >= 11 is 0. The molecule has 0 aliphatic heterocycles. The van der Waals surface area contributed by atoms with Gasteiger partial charge in [0.15, 0.2) is 0 Å². The molecule has 8 heteroatoms. The smallest absolute Gasteiger partial charge is 0.418 e. The third-order valence-corrected chi connectivity index (χ3v) is 6.37. The second-order valence-electron chi connectivity index (χ2n) is 9.57. The Labute approximate surface area is 212 Å². The average Bonchev–Trinajstić information content (AvgIpc) is 3.23. The number of hydrogen-bond acceptors (Lipinski definition) is 3. The van der Waals surface area contributed by atoms with Crippen LogP contribution in [0.15, 0.2) is 72.8 Å². The van der Waals surface area contributed by atoms with E-state index in [2.05, 4.69) is 5.10 Å². The van der Waals surface area contributed by atoms with E-state index in [1.165, 1.54) is 35.0 Å². The summed E-state index contributed by atoms with van der Waals surface area (Å²) in [4.78, 5) is 11.5. The van der Waals surface area contributed by atoms with Crippen molar-refractivity contribution >= 4 is 5.97 Å². The monoisotopic (exact) mass is 508 g/mol. The minimum absolute atomic E-state index is 0.0450. The maximum atomic E-state index is 14.0. The van der Waals surface area contributed by atoms with Gasteiger partial charge in [0, 0.05) is 16.7 Å². The Morgan fingerprint density at radius 2 is 1.51 bits per heavy atom. The van der Waals surface area contributed by atoms with Crippen molar-refractivity contribution < 1.29 is 28.2 Å². The molecule has 5 nitrogen and oxygen atoms in total. The molecule has 2 N–H and O–H groups in total. The molecule has 37 heavy (non-hydrogen) atoms. The average molecular weight is 509 g/mol. The van der Waals surface area contributed by atoms with Crippen LogP contribution >= 0.6 is 0 Å². The first-order valence-electron chi connectivity index (χ1n) is 11.8. The molecule has 0 saturated heterocycles. The topological polar surface area (TPSA) is 75.3 Å². The van der Waals surface area contributed by atoms with Gasteiger partial charge >= 0.3 is 12.1 Å². The zero-order chi connectivity index (χ0) is 27.0. The lowest BCUT2D eigenvalue weighted by molar-refractivity contribution is -0.146. The normalized spacial score (nSPS) is 12.1. The molecule has 4 rings (SSSR count). The number of carboxylic acid groups (broad SMARTS) is 1. The highest BCUT2D eigenvalue weighted by Crippen LogP contribution is 2.39. The first-order chi connectivity index (χ1) is 17.4. The molecule has 4 aromatic rings. The van der Waals surface area contributed by atoms with Gasteiger partial charge in [-0.05, 0) is 68.7 Å². The Kier molecular flexibility index (Phi) is 6.86. The molecule has 0 bridgehead atoms. The Balaban J connectivity index is 1.91. The van der Waals surface area contributed by atoms with Crippen molar-refractivity contribution in [3.8, 4) is 34.0 Å². The van der Waals surface area contributed by atoms with Gasteiger partial charge in [-0.15, -0.1) is 0 Å². The molecule has 0 saturated carbocycles. The van der Waals surface area contributed by atoms with Crippen LogP contribution in [0.5, 0.6) is 5.75 Å². The van der Waals surface area contributed by atoms with Crippen LogP contribution in [0.1, 0.15) is 37.5 Å². The summed E-state index contributed by atoms with van der Waals surface area (Å²) in [6.45, 7) is 5.22. The van der Waals surface area contributed by atoms with Crippen molar-refractivity contribution in [3.63, 3.8) is 0 Å². The summed E-state index contributed by atoms with van der Waals surface area (Å²) in [5, 5.41) is 23.9. The van der Waals surface area contributed by atoms with E-state index in [0.717, 1.165) is 17.2 Å². The predicted molar refractivity (Wildman–Crippen MR) is 136 cm³/mol. The van der Waals surface area contributed by atoms with Crippen molar-refractivity contribution in [2.24, 2.45) is 5.41 Å². The molecule has 1 heterocycles. The number of phenols is 1. The molecule has 0 radical (unpaired) electrons. The van der Waals surface area contributed by atoms with Gasteiger partial charge in [0.1, 0.15) is 5.75 Å². The molecule has 0 aliphatic carbocycles. The standard InChI is InChI=1S/C29H27F3N2O3/c1-4-22-25(19-11-9-18(10-12-19)17-28(2,3)27(36)37)33-34(26(22)20-13-15-21(35)16-14-20)24-8-6-5-7-23(24)29(30,31)32/h5-16,35H,4,17H2,1-3H3,(H,36,37). The van der Waals surface area contributed by atoms with Gasteiger partial charge in [0.2, 0.25) is 0 Å². The van der Waals surface area contributed by atoms with Crippen molar-refractivity contribution in [1.29, 1.82) is 0 Å². The van der Waals surface area contributed by atoms with Gasteiger partial charge in [0.05, 0.1) is 28.1 Å². The van der Waals surface area contributed by atoms with E-state index >= 15 is 0 Å². The number of benzene rings is 3. The van der Waals surface area contributed by atoms with Crippen molar-refractivity contribution in [3.05, 3.63) is 89.5 Å². The summed E-state index contributed by atoms with van der Waals surface area (Å²) < 4.78 is 43.2. The fourth-order valence-corrected chi connectivity index (χ4v) is 4.37. The number of halogens is 3. The third kappa shape index (κ3) is 5.23. The van der Waals surface area contributed by atoms with E-state index < -0.39 is 23.1 Å². The summed E-state index contributed by atoms with van der Waals surface area (Å²) in [6, 6.07) is 18.8. The maximum absolute atomic E-state index is 14.0. The Morgan fingerprint density at radius 1 is 0.919 bits per heavy atom. The van der Waals surface area contributed by atoms with E-state index in [1.54, 1.807) is 26.0 Å². The Bertz CT molecular complexity index is 1420. The van der Waals surface area contributed by atoms with E-state index in [4.69, 9.17) is 0 Å². The van der Waals surface area contributed by atoms with Gasteiger partial charge in [-0.1, -0.05) is 43.3 Å². The predicted octanol–water partition coefficient (Wildman–Crippen LogP) is 7.15. The first kappa shape index (κ1) is 26.0. The zero-order valence-corrected chi connectivity index (χ0v) is 20.7. The molecule has 0 aliphatic rings. The number of aromatic nitrogens is 2. The molecular weight excluding hydrogens is 481 g/mol. The summed E-state index contributed by atoms with van der Waals surface area (Å²) in [6.07, 6.45) is -3.76. The number of aromatic hydroxyl groups is 1. The Morgan fingerprint density at radius 3 is 2.08 bits per heavy atom. The van der Waals surface area contributed by atoms with E-state index in [1.807, 2.05) is 31.2 Å². The van der Waals surface area contributed by atoms with Gasteiger partial charge < -0.3 is 10.2 Å². The fourth-order valence-electron chi connectivity index (χ4n) is 4.37. The van der Waals surface area contributed by atoms with Crippen molar-refractivity contribution in [2.45, 2.75) is 39.8 Å². The number of phenolic OH excluding ortho intramolecular Hbond substituents is 1. The lowest BCUT2D eigenvalue weighted by atomic mass is 9.85. The Hall–Kier alpha value is -4.07. The SMILES string of the molecule is CCc1c(-c2ccc(CC(C)(C)C(=O)O)cc2)nn(-c2ccccc2C(F)(F)F)c1-c1ccc(O)cc1. The van der Waals surface area contributed by atoms with Crippen LogP contribution in [0.25, 0.3) is 28.2 Å². The van der Waals surface area contributed by atoms with Crippen LogP contribution in [0.3, 0.4) is 0 Å². The molecule has 0 unspecified atom stereocenters. The van der Waals surface area contributed by atoms with E-state index in [0.29, 0.717) is 35.4 Å². The number of aliphatic carboxylic acids is 1. The number of hydrogen-bond donors (Lipinski definition) is 2.